The molecule has 17 nitrogen and oxygen atoms in total. The number of phenolic OH excluding ortho intramolecular Hbond substituents is 5. The van der Waals surface area contributed by atoms with Crippen LogP contribution >= 0.6 is 0 Å². The van der Waals surface area contributed by atoms with E-state index in [9.17, 15) is 61.0 Å². The van der Waals surface area contributed by atoms with Crippen molar-refractivity contribution in [2.75, 3.05) is 13.2 Å². The van der Waals surface area contributed by atoms with E-state index in [4.69, 9.17) is 23.4 Å². The van der Waals surface area contributed by atoms with Crippen molar-refractivity contribution < 1.29 is 79.5 Å². The summed E-state index contributed by atoms with van der Waals surface area (Å²) in [5.74, 6) is -5.14. The average molecular weight is 627 g/mol. The van der Waals surface area contributed by atoms with Crippen molar-refractivity contribution in [1.82, 2.24) is 0 Å². The Morgan fingerprint density at radius 1 is 0.795 bits per heavy atom. The number of hydrogen-bond acceptors (Lipinski definition) is 17. The standard InChI is InChI=1S/C27H30O17/c28-6-10-5-14(33)19(35)26(41-10)40-7-16-20(36)22(38)23(39)27(43-16)44-25-21(37)17-11(30)3-9(29)4-15(17)42-24(25)8-1-12(31)18(34)13(32)2-8/h1-4,10,14,16,19-20,22-23,26-36,38-39H,5-7H2/t10?,14?,16?,19?,20?,22?,23-,26?,27?/m1/s1. The van der Waals surface area contributed by atoms with Gasteiger partial charge >= 0.3 is 0 Å². The quantitative estimate of drug-likeness (QED) is 0.127. The van der Waals surface area contributed by atoms with E-state index < -0.39 is 120 Å². The fourth-order valence-corrected chi connectivity index (χ4v) is 4.93. The summed E-state index contributed by atoms with van der Waals surface area (Å²) in [6, 6.07) is 3.57. The fourth-order valence-electron chi connectivity index (χ4n) is 4.93. The number of aliphatic hydroxyl groups is 6. The Morgan fingerprint density at radius 2 is 1.48 bits per heavy atom. The smallest absolute Gasteiger partial charge is 0.239 e. The Bertz CT molecular complexity index is 1550. The molecular weight excluding hydrogens is 596 g/mol. The first-order valence-electron chi connectivity index (χ1n) is 13.2. The third-order valence-corrected chi connectivity index (χ3v) is 7.28. The molecule has 2 aliphatic heterocycles. The van der Waals surface area contributed by atoms with E-state index in [0.717, 1.165) is 24.3 Å². The summed E-state index contributed by atoms with van der Waals surface area (Å²) in [4.78, 5) is 13.6. The van der Waals surface area contributed by atoms with Crippen molar-refractivity contribution >= 4 is 11.0 Å². The lowest BCUT2D eigenvalue weighted by Crippen LogP contribution is -2.61. The van der Waals surface area contributed by atoms with E-state index >= 15 is 0 Å². The van der Waals surface area contributed by atoms with Crippen molar-refractivity contribution in [2.45, 2.75) is 61.7 Å². The first-order chi connectivity index (χ1) is 20.8. The molecule has 2 saturated heterocycles. The van der Waals surface area contributed by atoms with Gasteiger partial charge in [0.25, 0.3) is 0 Å². The summed E-state index contributed by atoms with van der Waals surface area (Å²) in [6.45, 7) is -1.12. The maximum atomic E-state index is 13.6. The summed E-state index contributed by atoms with van der Waals surface area (Å²) in [5.41, 5.74) is -1.73. The SMILES string of the molecule is O=c1c(OC2OC(COC3OC(CO)CC(O)C3O)C(O)C(O)[C@H]2O)c(-c2cc(O)c(O)c(O)c2)oc2cc(O)cc(O)c12. The molecule has 11 N–H and O–H groups in total. The number of aromatic hydroxyl groups is 5. The van der Waals surface area contributed by atoms with Gasteiger partial charge in [0.2, 0.25) is 17.5 Å². The molecule has 17 heteroatoms. The van der Waals surface area contributed by atoms with Gasteiger partial charge in [-0.3, -0.25) is 4.79 Å². The predicted octanol–water partition coefficient (Wildman–Crippen LogP) is -1.98. The third-order valence-electron chi connectivity index (χ3n) is 7.28. The van der Waals surface area contributed by atoms with E-state index in [-0.39, 0.29) is 17.6 Å². The Balaban J connectivity index is 1.50. The number of fused-ring (bicyclic) bond motifs is 1. The zero-order valence-corrected chi connectivity index (χ0v) is 22.5. The van der Waals surface area contributed by atoms with Gasteiger partial charge in [-0.05, 0) is 12.1 Å². The highest BCUT2D eigenvalue weighted by Gasteiger charge is 2.47. The highest BCUT2D eigenvalue weighted by atomic mass is 16.7. The summed E-state index contributed by atoms with van der Waals surface area (Å²) in [6.07, 6.45) is -14.5. The van der Waals surface area contributed by atoms with Gasteiger partial charge in [0, 0.05) is 24.1 Å². The number of aliphatic hydroxyl groups excluding tert-OH is 6. The van der Waals surface area contributed by atoms with Gasteiger partial charge in [0.05, 0.1) is 25.4 Å². The number of rotatable bonds is 7. The molecule has 0 radical (unpaired) electrons. The average Bonchev–Trinajstić information content (AvgIpc) is 2.97. The van der Waals surface area contributed by atoms with Crippen LogP contribution in [0, 0.1) is 0 Å². The van der Waals surface area contributed by atoms with Crippen LogP contribution in [0.15, 0.2) is 33.5 Å². The maximum Gasteiger partial charge on any atom is 0.239 e. The van der Waals surface area contributed by atoms with Crippen molar-refractivity contribution in [3.63, 3.8) is 0 Å². The lowest BCUT2D eigenvalue weighted by Gasteiger charge is -2.41. The number of hydrogen-bond donors (Lipinski definition) is 11. The Hall–Kier alpha value is -3.91. The van der Waals surface area contributed by atoms with Gasteiger partial charge in [-0.1, -0.05) is 0 Å². The monoisotopic (exact) mass is 626 g/mol. The van der Waals surface area contributed by atoms with Crippen molar-refractivity contribution in [1.29, 1.82) is 0 Å². The van der Waals surface area contributed by atoms with Gasteiger partial charge < -0.3 is 79.5 Å². The zero-order chi connectivity index (χ0) is 32.0. The minimum atomic E-state index is -2.02. The van der Waals surface area contributed by atoms with Gasteiger partial charge in [-0.2, -0.15) is 0 Å². The maximum absolute atomic E-state index is 13.6. The summed E-state index contributed by atoms with van der Waals surface area (Å²) < 4.78 is 27.7. The molecule has 0 spiro atoms. The minimum absolute atomic E-state index is 0.0800. The largest absolute Gasteiger partial charge is 0.508 e. The van der Waals surface area contributed by atoms with E-state index in [1.54, 1.807) is 0 Å². The Labute approximate surface area is 246 Å². The van der Waals surface area contributed by atoms with E-state index in [2.05, 4.69) is 0 Å². The summed E-state index contributed by atoms with van der Waals surface area (Å²) in [7, 11) is 0. The lowest BCUT2D eigenvalue weighted by atomic mass is 9.99. The molecule has 0 bridgehead atoms. The van der Waals surface area contributed by atoms with Crippen LogP contribution in [0.3, 0.4) is 0 Å². The molecule has 44 heavy (non-hydrogen) atoms. The molecule has 2 aromatic carbocycles. The van der Waals surface area contributed by atoms with Gasteiger partial charge in [-0.15, -0.1) is 0 Å². The molecule has 8 unspecified atom stereocenters. The van der Waals surface area contributed by atoms with Crippen molar-refractivity contribution in [3.8, 4) is 45.8 Å². The van der Waals surface area contributed by atoms with Crippen LogP contribution in [-0.4, -0.2) is 125 Å². The second-order valence-corrected chi connectivity index (χ2v) is 10.4. The summed E-state index contributed by atoms with van der Waals surface area (Å²) >= 11 is 0. The molecule has 1 aromatic heterocycles. The van der Waals surface area contributed by atoms with E-state index in [1.807, 2.05) is 0 Å². The molecule has 240 valence electrons. The Morgan fingerprint density at radius 3 is 2.14 bits per heavy atom. The topological polar surface area (TPSA) is 290 Å². The minimum Gasteiger partial charge on any atom is -0.508 e. The third kappa shape index (κ3) is 5.80. The Kier molecular flexibility index (Phi) is 8.76. The first-order valence-corrected chi connectivity index (χ1v) is 13.2. The van der Waals surface area contributed by atoms with Gasteiger partial charge in [0.1, 0.15) is 53.0 Å². The van der Waals surface area contributed by atoms with Crippen LogP contribution < -0.4 is 10.2 Å². The van der Waals surface area contributed by atoms with Crippen LogP contribution in [0.2, 0.25) is 0 Å². The second-order valence-electron chi connectivity index (χ2n) is 10.4. The van der Waals surface area contributed by atoms with Crippen LogP contribution in [0.1, 0.15) is 6.42 Å². The lowest BCUT2D eigenvalue weighted by molar-refractivity contribution is -0.309. The van der Waals surface area contributed by atoms with Crippen LogP contribution in [0.25, 0.3) is 22.3 Å². The van der Waals surface area contributed by atoms with E-state index in [0.29, 0.717) is 0 Å². The zero-order valence-electron chi connectivity index (χ0n) is 22.5. The fraction of sp³-hybridized carbons (Fsp3) is 0.444. The highest BCUT2D eigenvalue weighted by Crippen LogP contribution is 2.43. The van der Waals surface area contributed by atoms with E-state index in [1.165, 1.54) is 0 Å². The molecule has 3 aromatic rings. The second kappa shape index (κ2) is 12.2. The number of phenols is 5. The van der Waals surface area contributed by atoms with Crippen molar-refractivity contribution in [3.05, 3.63) is 34.5 Å². The summed E-state index contributed by atoms with van der Waals surface area (Å²) in [5, 5.41) is 111. The molecule has 2 aliphatic rings. The van der Waals surface area contributed by atoms with Crippen molar-refractivity contribution in [2.24, 2.45) is 0 Å². The highest BCUT2D eigenvalue weighted by molar-refractivity contribution is 5.88. The van der Waals surface area contributed by atoms with Gasteiger partial charge in [0.15, 0.2) is 29.3 Å². The van der Waals surface area contributed by atoms with Crippen LogP contribution in [0.4, 0.5) is 0 Å². The molecule has 3 heterocycles. The first kappa shape index (κ1) is 31.5. The molecule has 9 atom stereocenters. The molecule has 0 aliphatic carbocycles. The molecular formula is C27H30O17. The predicted molar refractivity (Wildman–Crippen MR) is 142 cm³/mol. The number of ether oxygens (including phenoxy) is 4. The normalized spacial score (nSPS) is 30.8. The van der Waals surface area contributed by atoms with Crippen LogP contribution in [0.5, 0.6) is 34.5 Å². The molecule has 0 saturated carbocycles. The molecule has 2 fully saturated rings. The number of benzene rings is 2. The molecule has 0 amide bonds. The molecule has 5 rings (SSSR count). The van der Waals surface area contributed by atoms with Gasteiger partial charge in [-0.25, -0.2) is 0 Å². The van der Waals surface area contributed by atoms with Crippen LogP contribution in [-0.2, 0) is 14.2 Å².